The second-order valence-electron chi connectivity index (χ2n) is 7.10. The quantitative estimate of drug-likeness (QED) is 0.425. The van der Waals surface area contributed by atoms with Gasteiger partial charge < -0.3 is 10.1 Å². The summed E-state index contributed by atoms with van der Waals surface area (Å²) in [7, 11) is 1.62. The SMILES string of the molecule is COc1ccc(-n2nnnc2SCCC(=O)Nc2sc3c(c2C#N)CCCCC3)cc1. The van der Waals surface area contributed by atoms with E-state index in [1.54, 1.807) is 23.1 Å². The van der Waals surface area contributed by atoms with Crippen LogP contribution in [0.3, 0.4) is 0 Å². The summed E-state index contributed by atoms with van der Waals surface area (Å²) < 4.78 is 6.81. The minimum atomic E-state index is -0.108. The fraction of sp³-hybridized carbons (Fsp3) is 0.381. The van der Waals surface area contributed by atoms with Crippen LogP contribution in [0.25, 0.3) is 5.69 Å². The Hall–Kier alpha value is -2.90. The van der Waals surface area contributed by atoms with Crippen LogP contribution in [0.15, 0.2) is 29.4 Å². The molecular formula is C21H22N6O2S2. The monoisotopic (exact) mass is 454 g/mol. The molecule has 1 aromatic carbocycles. The third-order valence-corrected chi connectivity index (χ3v) is 7.23. The molecule has 0 aliphatic heterocycles. The number of aromatic nitrogens is 4. The van der Waals surface area contributed by atoms with Gasteiger partial charge in [0, 0.05) is 17.1 Å². The zero-order chi connectivity index (χ0) is 21.6. The van der Waals surface area contributed by atoms with Crippen molar-refractivity contribution in [1.29, 1.82) is 5.26 Å². The van der Waals surface area contributed by atoms with Crippen molar-refractivity contribution in [2.24, 2.45) is 0 Å². The van der Waals surface area contributed by atoms with Crippen molar-refractivity contribution in [3.8, 4) is 17.5 Å². The van der Waals surface area contributed by atoms with E-state index in [1.165, 1.54) is 23.1 Å². The summed E-state index contributed by atoms with van der Waals surface area (Å²) >= 11 is 2.96. The molecule has 1 amide bonds. The van der Waals surface area contributed by atoms with Crippen LogP contribution in [0.5, 0.6) is 5.75 Å². The molecule has 2 aromatic heterocycles. The molecule has 2 heterocycles. The van der Waals surface area contributed by atoms with Gasteiger partial charge in [0.1, 0.15) is 16.8 Å². The summed E-state index contributed by atoms with van der Waals surface area (Å²) in [6.07, 6.45) is 5.66. The number of hydrogen-bond acceptors (Lipinski definition) is 8. The molecule has 0 atom stereocenters. The lowest BCUT2D eigenvalue weighted by molar-refractivity contribution is -0.115. The molecule has 8 nitrogen and oxygen atoms in total. The summed E-state index contributed by atoms with van der Waals surface area (Å²) in [5, 5.41) is 25.7. The zero-order valence-corrected chi connectivity index (χ0v) is 18.8. The van der Waals surface area contributed by atoms with E-state index in [2.05, 4.69) is 26.9 Å². The maximum absolute atomic E-state index is 12.5. The highest BCUT2D eigenvalue weighted by molar-refractivity contribution is 7.99. The largest absolute Gasteiger partial charge is 0.497 e. The maximum Gasteiger partial charge on any atom is 0.225 e. The number of nitrogens with zero attached hydrogens (tertiary/aromatic N) is 5. The van der Waals surface area contributed by atoms with Crippen molar-refractivity contribution in [1.82, 2.24) is 20.2 Å². The van der Waals surface area contributed by atoms with E-state index in [4.69, 9.17) is 4.74 Å². The number of thioether (sulfide) groups is 1. The maximum atomic E-state index is 12.5. The van der Waals surface area contributed by atoms with Gasteiger partial charge in [0.15, 0.2) is 0 Å². The van der Waals surface area contributed by atoms with Crippen molar-refractivity contribution in [3.63, 3.8) is 0 Å². The number of amides is 1. The van der Waals surface area contributed by atoms with Crippen LogP contribution in [-0.2, 0) is 17.6 Å². The van der Waals surface area contributed by atoms with Crippen LogP contribution in [0, 0.1) is 11.3 Å². The number of nitrogens with one attached hydrogen (secondary N) is 1. The van der Waals surface area contributed by atoms with Gasteiger partial charge in [-0.25, -0.2) is 0 Å². The number of carbonyl (C=O) groups is 1. The number of fused-ring (bicyclic) bond motifs is 1. The molecule has 1 aliphatic rings. The molecule has 10 heteroatoms. The topological polar surface area (TPSA) is 106 Å². The highest BCUT2D eigenvalue weighted by atomic mass is 32.2. The van der Waals surface area contributed by atoms with E-state index in [0.717, 1.165) is 42.7 Å². The Morgan fingerprint density at radius 1 is 1.29 bits per heavy atom. The van der Waals surface area contributed by atoms with Gasteiger partial charge in [-0.05, 0) is 65.9 Å². The van der Waals surface area contributed by atoms with Gasteiger partial charge in [0.2, 0.25) is 11.1 Å². The number of carbonyl (C=O) groups excluding carboxylic acids is 1. The zero-order valence-electron chi connectivity index (χ0n) is 17.1. The van der Waals surface area contributed by atoms with E-state index in [-0.39, 0.29) is 5.91 Å². The molecule has 0 unspecified atom stereocenters. The van der Waals surface area contributed by atoms with Crippen molar-refractivity contribution < 1.29 is 9.53 Å². The molecule has 0 radical (unpaired) electrons. The molecule has 3 aromatic rings. The first-order valence-corrected chi connectivity index (χ1v) is 11.9. The van der Waals surface area contributed by atoms with Crippen LogP contribution in [0.1, 0.15) is 41.7 Å². The predicted octanol–water partition coefficient (Wildman–Crippen LogP) is 3.99. The van der Waals surface area contributed by atoms with Crippen LogP contribution in [0.4, 0.5) is 5.00 Å². The van der Waals surface area contributed by atoms with E-state index in [0.29, 0.717) is 27.9 Å². The number of benzene rings is 1. The van der Waals surface area contributed by atoms with E-state index in [1.807, 2.05) is 24.3 Å². The molecule has 4 rings (SSSR count). The second-order valence-corrected chi connectivity index (χ2v) is 9.27. The molecule has 0 saturated heterocycles. The minimum absolute atomic E-state index is 0.108. The van der Waals surface area contributed by atoms with Crippen LogP contribution < -0.4 is 10.1 Å². The third kappa shape index (κ3) is 4.89. The average Bonchev–Trinajstić information content (AvgIpc) is 3.30. The van der Waals surface area contributed by atoms with Gasteiger partial charge >= 0.3 is 0 Å². The van der Waals surface area contributed by atoms with Crippen molar-refractivity contribution in [3.05, 3.63) is 40.3 Å². The molecule has 160 valence electrons. The number of aryl methyl sites for hydroxylation is 1. The Bertz CT molecular complexity index is 1100. The third-order valence-electron chi connectivity index (χ3n) is 5.10. The molecule has 1 N–H and O–H groups in total. The number of rotatable bonds is 7. The molecule has 0 bridgehead atoms. The molecule has 0 fully saturated rings. The first-order valence-electron chi connectivity index (χ1n) is 10.1. The summed E-state index contributed by atoms with van der Waals surface area (Å²) in [4.78, 5) is 13.8. The van der Waals surface area contributed by atoms with Gasteiger partial charge in [-0.3, -0.25) is 4.79 Å². The predicted molar refractivity (Wildman–Crippen MR) is 120 cm³/mol. The van der Waals surface area contributed by atoms with Crippen LogP contribution in [0.2, 0.25) is 0 Å². The van der Waals surface area contributed by atoms with Crippen LogP contribution in [-0.4, -0.2) is 39.0 Å². The summed E-state index contributed by atoms with van der Waals surface area (Å²) in [6, 6.07) is 9.73. The van der Waals surface area contributed by atoms with Crippen molar-refractivity contribution in [2.75, 3.05) is 18.2 Å². The highest BCUT2D eigenvalue weighted by Crippen LogP contribution is 2.37. The Labute approximate surface area is 188 Å². The molecule has 1 aliphatic carbocycles. The van der Waals surface area contributed by atoms with E-state index < -0.39 is 0 Å². The minimum Gasteiger partial charge on any atom is -0.497 e. The summed E-state index contributed by atoms with van der Waals surface area (Å²) in [5.74, 6) is 1.17. The molecule has 0 saturated carbocycles. The fourth-order valence-corrected chi connectivity index (χ4v) is 5.61. The van der Waals surface area contributed by atoms with Gasteiger partial charge in [-0.15, -0.1) is 16.4 Å². The highest BCUT2D eigenvalue weighted by Gasteiger charge is 2.21. The van der Waals surface area contributed by atoms with Gasteiger partial charge in [0.25, 0.3) is 0 Å². The van der Waals surface area contributed by atoms with E-state index >= 15 is 0 Å². The standard InChI is InChI=1S/C21H22N6O2S2/c1-29-15-9-7-14(8-10-15)27-21(24-25-26-27)30-12-11-19(28)23-20-17(13-22)16-5-3-2-4-6-18(16)31-20/h7-10H,2-6,11-12H2,1H3,(H,23,28). The fourth-order valence-electron chi connectivity index (χ4n) is 3.53. The second kappa shape index (κ2) is 9.94. The van der Waals surface area contributed by atoms with Gasteiger partial charge in [0.05, 0.1) is 18.4 Å². The first kappa shape index (κ1) is 21.3. The van der Waals surface area contributed by atoms with Crippen molar-refractivity contribution in [2.45, 2.75) is 43.7 Å². The van der Waals surface area contributed by atoms with Crippen molar-refractivity contribution >= 4 is 34.0 Å². The lowest BCUT2D eigenvalue weighted by atomic mass is 10.1. The lowest BCUT2D eigenvalue weighted by Gasteiger charge is -2.06. The summed E-state index contributed by atoms with van der Waals surface area (Å²) in [6.45, 7) is 0. The molecular weight excluding hydrogens is 432 g/mol. The first-order chi connectivity index (χ1) is 15.2. The Morgan fingerprint density at radius 2 is 2.10 bits per heavy atom. The number of methoxy groups -OCH3 is 1. The number of thiophene rings is 1. The molecule has 0 spiro atoms. The Morgan fingerprint density at radius 3 is 2.87 bits per heavy atom. The smallest absolute Gasteiger partial charge is 0.225 e. The van der Waals surface area contributed by atoms with Gasteiger partial charge in [-0.1, -0.05) is 18.2 Å². The van der Waals surface area contributed by atoms with Crippen LogP contribution >= 0.6 is 23.1 Å². The van der Waals surface area contributed by atoms with E-state index in [9.17, 15) is 10.1 Å². The molecule has 31 heavy (non-hydrogen) atoms. The number of nitriles is 1. The van der Waals surface area contributed by atoms with Gasteiger partial charge in [-0.2, -0.15) is 9.94 Å². The number of anilines is 1. The number of ether oxygens (including phenoxy) is 1. The Balaban J connectivity index is 1.36. The normalized spacial score (nSPS) is 13.2. The lowest BCUT2D eigenvalue weighted by Crippen LogP contribution is -2.12. The number of tetrazole rings is 1. The summed E-state index contributed by atoms with van der Waals surface area (Å²) in [5.41, 5.74) is 2.59. The average molecular weight is 455 g/mol. The number of hydrogen-bond donors (Lipinski definition) is 1. The Kier molecular flexibility index (Phi) is 6.84.